The number of hydrogen-bond acceptors (Lipinski definition) is 19. The quantitative estimate of drug-likeness (QED) is 0.0225. The molecule has 7 heterocycles. The molecule has 0 amide bonds. The van der Waals surface area contributed by atoms with Crippen LogP contribution in [-0.2, 0) is 0 Å². The van der Waals surface area contributed by atoms with Gasteiger partial charge in [0.2, 0.25) is 0 Å². The number of nitro groups is 3. The first-order valence-corrected chi connectivity index (χ1v) is 44.9. The summed E-state index contributed by atoms with van der Waals surface area (Å²) in [6.07, 6.45) is 14.0. The second-order valence-electron chi connectivity index (χ2n) is 20.8. The molecule has 0 atom stereocenters. The van der Waals surface area contributed by atoms with E-state index in [4.69, 9.17) is 15.8 Å². The Balaban J connectivity index is 0.000000178. The molecule has 4 N–H and O–H groups in total. The summed E-state index contributed by atoms with van der Waals surface area (Å²) in [5.74, 6) is 0. The molecular formula is C65H69BBr2IN7O8S7Sn. The fourth-order valence-corrected chi connectivity index (χ4v) is 34.2. The van der Waals surface area contributed by atoms with Gasteiger partial charge in [0.05, 0.1) is 39.2 Å². The molecule has 0 aliphatic heterocycles. The summed E-state index contributed by atoms with van der Waals surface area (Å²) in [6.45, 7) is 15.0. The Morgan fingerprint density at radius 3 is 1.26 bits per heavy atom. The van der Waals surface area contributed by atoms with Gasteiger partial charge in [0, 0.05) is 95.3 Å². The minimum absolute atomic E-state index is 0.135. The molecule has 0 radical (unpaired) electrons. The van der Waals surface area contributed by atoms with Crippen LogP contribution in [0.15, 0.2) is 167 Å². The molecule has 0 fully saturated rings. The van der Waals surface area contributed by atoms with Gasteiger partial charge in [-0.1, -0.05) is 56.1 Å². The third-order valence-electron chi connectivity index (χ3n) is 14.0. The molecule has 7 aromatic heterocycles. The van der Waals surface area contributed by atoms with E-state index >= 15 is 0 Å². The zero-order valence-corrected chi connectivity index (χ0v) is 65.4. The molecular weight excluding hydrogens is 1650 g/mol. The van der Waals surface area contributed by atoms with Crippen LogP contribution in [0.2, 0.25) is 13.3 Å². The van der Waals surface area contributed by atoms with Crippen LogP contribution in [0.25, 0.3) is 52.2 Å². The van der Waals surface area contributed by atoms with Gasteiger partial charge in [-0.2, -0.15) is 0 Å². The number of rotatable bonds is 19. The number of nitrogens with zero attached hydrogens (tertiary/aromatic N) is 6. The molecule has 0 saturated carbocycles. The van der Waals surface area contributed by atoms with E-state index in [9.17, 15) is 30.3 Å². The number of aryl methyl sites for hydroxylation is 4. The minimum atomic E-state index is -2.08. The van der Waals surface area contributed by atoms with Gasteiger partial charge < -0.3 is 15.8 Å². The molecule has 482 valence electrons. The van der Waals surface area contributed by atoms with E-state index in [1.165, 1.54) is 94.8 Å². The maximum Gasteiger partial charge on any atom is 0.499 e. The molecule has 0 unspecified atom stereocenters. The van der Waals surface area contributed by atoms with E-state index < -0.39 is 30.4 Å². The van der Waals surface area contributed by atoms with Crippen molar-refractivity contribution in [3.63, 3.8) is 0 Å². The van der Waals surface area contributed by atoms with Gasteiger partial charge in [-0.05, 0) is 170 Å². The molecule has 15 nitrogen and oxygen atoms in total. The van der Waals surface area contributed by atoms with Crippen molar-refractivity contribution in [2.75, 3.05) is 5.73 Å². The van der Waals surface area contributed by atoms with Crippen molar-refractivity contribution in [1.29, 1.82) is 0 Å². The Morgan fingerprint density at radius 2 is 0.891 bits per heavy atom. The Kier molecular flexibility index (Phi) is 31.9. The summed E-state index contributed by atoms with van der Waals surface area (Å²) in [4.78, 5) is 41.4. The predicted octanol–water partition coefficient (Wildman–Crippen LogP) is 21.5. The maximum atomic E-state index is 11.3. The summed E-state index contributed by atoms with van der Waals surface area (Å²) in [5.41, 5.74) is 11.8. The summed E-state index contributed by atoms with van der Waals surface area (Å²) in [6, 6.07) is 43.5. The molecule has 4 aromatic carbocycles. The minimum Gasteiger partial charge on any atom is -0.423 e. The van der Waals surface area contributed by atoms with Gasteiger partial charge in [0.1, 0.15) is 0 Å². The van der Waals surface area contributed by atoms with Crippen molar-refractivity contribution in [3.05, 3.63) is 220 Å². The topological polar surface area (TPSA) is 235 Å². The smallest absolute Gasteiger partial charge is 0.423 e. The first-order chi connectivity index (χ1) is 44.1. The van der Waals surface area contributed by atoms with Crippen LogP contribution in [0.1, 0.15) is 78.8 Å². The van der Waals surface area contributed by atoms with Crippen LogP contribution >= 0.6 is 134 Å². The first-order valence-electron chi connectivity index (χ1n) is 29.1. The van der Waals surface area contributed by atoms with Crippen molar-refractivity contribution >= 4 is 190 Å². The molecule has 0 aliphatic carbocycles. The van der Waals surface area contributed by atoms with Gasteiger partial charge in [-0.25, -0.2) is 8.75 Å². The molecule has 11 rings (SSSR count). The Hall–Kier alpha value is -4.96. The summed E-state index contributed by atoms with van der Waals surface area (Å²) < 4.78 is 21.7. The van der Waals surface area contributed by atoms with Crippen molar-refractivity contribution < 1.29 is 24.8 Å². The van der Waals surface area contributed by atoms with Crippen molar-refractivity contribution in [1.82, 2.24) is 13.1 Å². The van der Waals surface area contributed by atoms with Crippen LogP contribution in [0.3, 0.4) is 0 Å². The number of halogens is 3. The van der Waals surface area contributed by atoms with Crippen molar-refractivity contribution in [2.45, 2.75) is 100 Å². The van der Waals surface area contributed by atoms with Crippen LogP contribution in [0.4, 0.5) is 22.7 Å². The normalized spacial score (nSPS) is 10.7. The largest absolute Gasteiger partial charge is 0.499 e. The standard InChI is InChI=1S/C14H10N2O2S2.C14H12N2S2.C11H8BrNO2S.C6H3BrINO2.C5H7BO2S.3C4H9.C3H2NS.Sn/c1-9-2-5-14(19-9)11-4-3-10(8-12(11)16(17)18)13-6-7-15-20-13;1-9-2-5-14(17-9)11-4-3-10(8-12(11)15)13-6-7-16-18-13;1-7-2-5-11(16-7)9-4-3-8(12)6-10(9)13(14)15;7-4-1-2-5(8)6(3-4)9(10)11;1-4-2-3-5(9-4)6(7)8;3*1-3-4-2;1-2-4-5-3-1;/h2-8H,1H3;2-8H,15H2,1H3;2-6H,1H3;1-3H;2-3,7-8H,1H3;3*1,3-4H2,2H3;1-2H;. The fourth-order valence-electron chi connectivity index (χ4n) is 9.31. The van der Waals surface area contributed by atoms with Gasteiger partial charge in [0.25, 0.3) is 17.1 Å². The van der Waals surface area contributed by atoms with Crippen molar-refractivity contribution in [3.8, 4) is 52.2 Å². The maximum absolute atomic E-state index is 11.3. The molecule has 11 aromatic rings. The third kappa shape index (κ3) is 23.2. The van der Waals surface area contributed by atoms with Gasteiger partial charge in [0.15, 0.2) is 0 Å². The number of aromatic nitrogens is 3. The predicted molar refractivity (Wildman–Crippen MR) is 410 cm³/mol. The van der Waals surface area contributed by atoms with Crippen LogP contribution in [0.5, 0.6) is 0 Å². The van der Waals surface area contributed by atoms with E-state index in [2.05, 4.69) is 103 Å². The number of benzene rings is 4. The zero-order chi connectivity index (χ0) is 66.9. The summed E-state index contributed by atoms with van der Waals surface area (Å²) >= 11 is 17.2. The third-order valence-corrected chi connectivity index (χ3v) is 40.5. The number of anilines is 1. The van der Waals surface area contributed by atoms with Gasteiger partial charge in [-0.15, -0.1) is 45.3 Å². The second kappa shape index (κ2) is 38.6. The van der Waals surface area contributed by atoms with Crippen LogP contribution in [-0.4, -0.2) is 63.4 Å². The second-order valence-corrected chi connectivity index (χ2v) is 45.7. The number of thiophene rings is 4. The Labute approximate surface area is 600 Å². The van der Waals surface area contributed by atoms with Crippen molar-refractivity contribution in [2.24, 2.45) is 0 Å². The van der Waals surface area contributed by atoms with Gasteiger partial charge in [-0.3, -0.25) is 30.3 Å². The van der Waals surface area contributed by atoms with Crippen LogP contribution < -0.4 is 13.4 Å². The molecule has 27 heteroatoms. The van der Waals surface area contributed by atoms with E-state index in [1.807, 2.05) is 134 Å². The molecule has 0 aliphatic rings. The molecule has 0 saturated heterocycles. The van der Waals surface area contributed by atoms with E-state index in [1.54, 1.807) is 86.7 Å². The van der Waals surface area contributed by atoms with Gasteiger partial charge >= 0.3 is 129 Å². The Bertz CT molecular complexity index is 4070. The number of nitrogen functional groups attached to an aromatic ring is 1. The van der Waals surface area contributed by atoms with E-state index in [-0.39, 0.29) is 26.9 Å². The van der Waals surface area contributed by atoms with Crippen LogP contribution in [0, 0.1) is 61.6 Å². The number of nitrogens with two attached hydrogens (primary N) is 1. The summed E-state index contributed by atoms with van der Waals surface area (Å²) in [5, 5.41) is 49.8. The zero-order valence-electron chi connectivity index (χ0n) is 51.5. The fraction of sp³-hybridized carbons (Fsp3) is 0.246. The SMILES string of the molecule is CCC[CH2][Sn]([CH2]CCC)([CH2]CCC)[c]1ccns1.Cc1ccc(-c2ccc(-c3ccns3)cc2N)s1.Cc1ccc(-c2ccc(-c3ccns3)cc2[N+](=O)[O-])s1.Cc1ccc(-c2ccc(Br)cc2[N+](=O)[O-])s1.Cc1ccc(B(O)O)s1.O=[N+]([O-])c1cc(Br)ccc1I. The molecule has 0 bridgehead atoms. The number of nitro benzene ring substituents is 3. The number of hydrogen-bond donors (Lipinski definition) is 3. The van der Waals surface area contributed by atoms with E-state index in [0.717, 1.165) is 65.5 Å². The number of unbranched alkanes of at least 4 members (excludes halogenated alkanes) is 3. The van der Waals surface area contributed by atoms with E-state index in [0.29, 0.717) is 19.5 Å². The average Bonchev–Trinajstić information content (AvgIpc) is 1.80. The summed E-state index contributed by atoms with van der Waals surface area (Å²) in [7, 11) is -1.30. The monoisotopic (exact) mass is 1710 g/mol. The first kappa shape index (κ1) is 76.1. The average molecular weight is 1720 g/mol. The molecule has 92 heavy (non-hydrogen) atoms. The Morgan fingerprint density at radius 1 is 0.489 bits per heavy atom. The molecule has 0 spiro atoms.